The summed E-state index contributed by atoms with van der Waals surface area (Å²) in [5, 5.41) is 0.786. The molecule has 0 aliphatic carbocycles. The molecule has 0 heterocycles. The number of benzene rings is 1. The highest BCUT2D eigenvalue weighted by atomic mass is 19.2. The smallest absolute Gasteiger partial charge is 0.343 e. The Balaban J connectivity index is 3.36. The van der Waals surface area contributed by atoms with Crippen LogP contribution in [0.15, 0.2) is 17.8 Å². The van der Waals surface area contributed by atoms with E-state index in [1.54, 1.807) is 0 Å². The summed E-state index contributed by atoms with van der Waals surface area (Å²) < 4.78 is 57.7. The van der Waals surface area contributed by atoms with Crippen LogP contribution < -0.4 is 5.43 Å². The maximum absolute atomic E-state index is 13.7. The highest BCUT2D eigenvalue weighted by Crippen LogP contribution is 2.21. The van der Waals surface area contributed by atoms with Gasteiger partial charge in [-0.3, -0.25) is 14.6 Å². The zero-order valence-electron chi connectivity index (χ0n) is 12.5. The topological polar surface area (TPSA) is 75.7 Å². The summed E-state index contributed by atoms with van der Waals surface area (Å²) in [6.07, 6.45) is 0.967. The number of amides is 1. The number of rotatable bonds is 7. The van der Waals surface area contributed by atoms with Gasteiger partial charge in [0.15, 0.2) is 23.3 Å². The van der Waals surface area contributed by atoms with E-state index in [0.717, 1.165) is 5.01 Å². The number of nitrogens with zero attached hydrogens (tertiary/aromatic N) is 1. The summed E-state index contributed by atoms with van der Waals surface area (Å²) in [7, 11) is 1.22. The molecule has 0 aliphatic heterocycles. The molecule has 10 heteroatoms. The maximum Gasteiger partial charge on any atom is 0.343 e. The van der Waals surface area contributed by atoms with Crippen molar-refractivity contribution < 1.29 is 36.7 Å². The normalized spacial score (nSPS) is 11.0. The van der Waals surface area contributed by atoms with Crippen LogP contribution in [0.2, 0.25) is 0 Å². The molecule has 1 amide bonds. The molecule has 0 saturated heterocycles. The third-order valence-electron chi connectivity index (χ3n) is 2.66. The van der Waals surface area contributed by atoms with Crippen LogP contribution in [0.25, 0.3) is 0 Å². The third-order valence-corrected chi connectivity index (χ3v) is 2.66. The second-order valence-electron chi connectivity index (χ2n) is 4.30. The van der Waals surface area contributed by atoms with Crippen molar-refractivity contribution >= 4 is 18.2 Å². The fourth-order valence-corrected chi connectivity index (χ4v) is 1.51. The van der Waals surface area contributed by atoms with Crippen molar-refractivity contribution in [3.8, 4) is 0 Å². The predicted molar refractivity (Wildman–Crippen MR) is 72.3 cm³/mol. The highest BCUT2D eigenvalue weighted by molar-refractivity contribution is 6.24. The lowest BCUT2D eigenvalue weighted by molar-refractivity contribution is -0.138. The summed E-state index contributed by atoms with van der Waals surface area (Å²) >= 11 is 0. The molecule has 0 atom stereocenters. The monoisotopic (exact) mass is 348 g/mol. The van der Waals surface area contributed by atoms with E-state index < -0.39 is 46.2 Å². The number of hydrogen-bond acceptors (Lipinski definition) is 5. The average molecular weight is 348 g/mol. The second kappa shape index (κ2) is 8.09. The molecule has 1 rings (SSSR count). The summed E-state index contributed by atoms with van der Waals surface area (Å²) in [5.74, 6) is -10.8. The zero-order chi connectivity index (χ0) is 18.4. The van der Waals surface area contributed by atoms with Gasteiger partial charge >= 0.3 is 5.97 Å². The maximum atomic E-state index is 13.7. The molecular formula is C14H12F4N2O4. The standard InChI is InChI=1S/C14H12F4N2O4/c1-3-24-14(23)8(5-19-20(2)6-21)13(22)7-4-9(15)11(17)12(18)10(7)16/h4-6,19H,3H2,1-2H3/b8-5+. The summed E-state index contributed by atoms with van der Waals surface area (Å²) in [6, 6.07) is 0.118. The van der Waals surface area contributed by atoms with Gasteiger partial charge in [0.2, 0.25) is 12.2 Å². The van der Waals surface area contributed by atoms with Gasteiger partial charge < -0.3 is 10.2 Å². The molecule has 0 saturated carbocycles. The molecule has 1 N–H and O–H groups in total. The van der Waals surface area contributed by atoms with Gasteiger partial charge in [0, 0.05) is 13.2 Å². The molecule has 0 aromatic heterocycles. The number of esters is 1. The van der Waals surface area contributed by atoms with Crippen molar-refractivity contribution in [2.75, 3.05) is 13.7 Å². The number of hydrogen-bond donors (Lipinski definition) is 1. The molecular weight excluding hydrogens is 336 g/mol. The molecule has 0 bridgehead atoms. The molecule has 0 radical (unpaired) electrons. The minimum absolute atomic E-state index is 0.118. The Morgan fingerprint density at radius 3 is 2.38 bits per heavy atom. The molecule has 1 aromatic carbocycles. The van der Waals surface area contributed by atoms with E-state index in [9.17, 15) is 31.9 Å². The quantitative estimate of drug-likeness (QED) is 0.0772. The number of ether oxygens (including phenoxy) is 1. The highest BCUT2D eigenvalue weighted by Gasteiger charge is 2.28. The number of nitrogens with one attached hydrogen (secondary N) is 1. The Morgan fingerprint density at radius 2 is 1.83 bits per heavy atom. The van der Waals surface area contributed by atoms with Crippen molar-refractivity contribution in [2.24, 2.45) is 0 Å². The predicted octanol–water partition coefficient (Wildman–Crippen LogP) is 1.47. The Morgan fingerprint density at radius 1 is 1.21 bits per heavy atom. The molecule has 0 spiro atoms. The van der Waals surface area contributed by atoms with Crippen LogP contribution in [0.3, 0.4) is 0 Å². The lowest BCUT2D eigenvalue weighted by atomic mass is 10.0. The Kier molecular flexibility index (Phi) is 6.45. The first kappa shape index (κ1) is 19.1. The van der Waals surface area contributed by atoms with E-state index in [-0.39, 0.29) is 19.1 Å². The minimum atomic E-state index is -2.19. The lowest BCUT2D eigenvalue weighted by Gasteiger charge is -2.12. The number of carbonyl (C=O) groups excluding carboxylic acids is 3. The SMILES string of the molecule is CCOC(=O)/C(=C/NN(C)C=O)C(=O)c1cc(F)c(F)c(F)c1F. The van der Waals surface area contributed by atoms with Crippen LogP contribution in [0.1, 0.15) is 17.3 Å². The fraction of sp³-hybridized carbons (Fsp3) is 0.214. The number of halogens is 4. The Hall–Kier alpha value is -2.91. The van der Waals surface area contributed by atoms with E-state index in [1.165, 1.54) is 14.0 Å². The van der Waals surface area contributed by atoms with Gasteiger partial charge in [-0.2, -0.15) is 0 Å². The van der Waals surface area contributed by atoms with E-state index >= 15 is 0 Å². The van der Waals surface area contributed by atoms with Gasteiger partial charge in [0.05, 0.1) is 12.2 Å². The van der Waals surface area contributed by atoms with Crippen molar-refractivity contribution in [3.63, 3.8) is 0 Å². The summed E-state index contributed by atoms with van der Waals surface area (Å²) in [4.78, 5) is 34.4. The summed E-state index contributed by atoms with van der Waals surface area (Å²) in [6.45, 7) is 1.27. The largest absolute Gasteiger partial charge is 0.462 e. The molecule has 6 nitrogen and oxygen atoms in total. The molecule has 0 fully saturated rings. The van der Waals surface area contributed by atoms with Gasteiger partial charge in [-0.1, -0.05) is 0 Å². The first-order chi connectivity index (χ1) is 11.2. The summed E-state index contributed by atoms with van der Waals surface area (Å²) in [5.41, 5.74) is 0.121. The van der Waals surface area contributed by atoms with Gasteiger partial charge in [-0.25, -0.2) is 22.4 Å². The van der Waals surface area contributed by atoms with E-state index in [0.29, 0.717) is 6.20 Å². The zero-order valence-corrected chi connectivity index (χ0v) is 12.5. The van der Waals surface area contributed by atoms with Crippen LogP contribution in [0, 0.1) is 23.3 Å². The molecule has 0 aliphatic rings. The molecule has 130 valence electrons. The number of hydrazine groups is 1. The van der Waals surface area contributed by atoms with Crippen LogP contribution in [0.4, 0.5) is 17.6 Å². The third kappa shape index (κ3) is 4.09. The van der Waals surface area contributed by atoms with E-state index in [2.05, 4.69) is 10.2 Å². The van der Waals surface area contributed by atoms with E-state index in [4.69, 9.17) is 0 Å². The number of Topliss-reactive ketones (excluding diaryl/α,β-unsaturated/α-hetero) is 1. The Bertz CT molecular complexity index is 707. The molecule has 0 unspecified atom stereocenters. The first-order valence-electron chi connectivity index (χ1n) is 6.43. The van der Waals surface area contributed by atoms with Crippen LogP contribution in [-0.2, 0) is 14.3 Å². The van der Waals surface area contributed by atoms with Crippen LogP contribution in [-0.4, -0.2) is 36.8 Å². The van der Waals surface area contributed by atoms with Gasteiger partial charge in [-0.15, -0.1) is 0 Å². The van der Waals surface area contributed by atoms with Crippen molar-refractivity contribution in [1.82, 2.24) is 10.4 Å². The fourth-order valence-electron chi connectivity index (χ4n) is 1.51. The number of ketones is 1. The number of carbonyl (C=O) groups is 3. The molecule has 24 heavy (non-hydrogen) atoms. The van der Waals surface area contributed by atoms with Gasteiger partial charge in [0.25, 0.3) is 0 Å². The van der Waals surface area contributed by atoms with Gasteiger partial charge in [-0.05, 0) is 13.0 Å². The van der Waals surface area contributed by atoms with Crippen LogP contribution >= 0.6 is 0 Å². The average Bonchev–Trinajstić information content (AvgIpc) is 2.56. The first-order valence-corrected chi connectivity index (χ1v) is 6.43. The van der Waals surface area contributed by atoms with E-state index in [1.807, 2.05) is 0 Å². The van der Waals surface area contributed by atoms with Crippen molar-refractivity contribution in [2.45, 2.75) is 6.92 Å². The van der Waals surface area contributed by atoms with Crippen molar-refractivity contribution in [1.29, 1.82) is 0 Å². The van der Waals surface area contributed by atoms with Gasteiger partial charge in [0.1, 0.15) is 5.57 Å². The minimum Gasteiger partial charge on any atom is -0.462 e. The van der Waals surface area contributed by atoms with Crippen LogP contribution in [0.5, 0.6) is 0 Å². The van der Waals surface area contributed by atoms with Crippen molar-refractivity contribution in [3.05, 3.63) is 46.7 Å². The second-order valence-corrected chi connectivity index (χ2v) is 4.30. The Labute approximate surface area is 133 Å². The molecule has 1 aromatic rings. The lowest BCUT2D eigenvalue weighted by Crippen LogP contribution is -2.30.